The van der Waals surface area contributed by atoms with Gasteiger partial charge in [0.2, 0.25) is 0 Å². The van der Waals surface area contributed by atoms with Gasteiger partial charge in [0.05, 0.1) is 25.0 Å². The van der Waals surface area contributed by atoms with E-state index in [9.17, 15) is 27.6 Å². The van der Waals surface area contributed by atoms with Crippen molar-refractivity contribution in [2.75, 3.05) is 33.4 Å². The van der Waals surface area contributed by atoms with E-state index in [-0.39, 0.29) is 36.5 Å². The fourth-order valence-corrected chi connectivity index (χ4v) is 2.84. The highest BCUT2D eigenvalue weighted by atomic mass is 19.4. The van der Waals surface area contributed by atoms with Crippen LogP contribution in [0.5, 0.6) is 0 Å². The number of rotatable bonds is 6. The molecular formula is C20H23F3N6O4. The highest BCUT2D eigenvalue weighted by molar-refractivity contribution is 6.08. The molecule has 33 heavy (non-hydrogen) atoms. The van der Waals surface area contributed by atoms with Crippen molar-refractivity contribution in [1.29, 1.82) is 5.41 Å². The molecule has 0 aliphatic carbocycles. The molecule has 5 N–H and O–H groups in total. The Bertz CT molecular complexity index is 960. The summed E-state index contributed by atoms with van der Waals surface area (Å²) in [5, 5.41) is 11.7. The number of halogens is 3. The van der Waals surface area contributed by atoms with Gasteiger partial charge in [-0.25, -0.2) is 0 Å². The molecule has 0 aromatic heterocycles. The lowest BCUT2D eigenvalue weighted by molar-refractivity contribution is -0.171. The topological polar surface area (TPSA) is 150 Å². The Hall–Kier alpha value is -3.74. The van der Waals surface area contributed by atoms with Crippen LogP contribution < -0.4 is 16.4 Å². The maximum Gasteiger partial charge on any atom is 0.471 e. The average molecular weight is 468 g/mol. The molecule has 0 bridgehead atoms. The summed E-state index contributed by atoms with van der Waals surface area (Å²) in [7, 11) is 1.54. The number of morpholine rings is 1. The van der Waals surface area contributed by atoms with Crippen LogP contribution in [0.3, 0.4) is 0 Å². The number of amides is 3. The highest BCUT2D eigenvalue weighted by Crippen LogP contribution is 2.15. The molecule has 1 aromatic carbocycles. The van der Waals surface area contributed by atoms with E-state index in [1.54, 1.807) is 0 Å². The summed E-state index contributed by atoms with van der Waals surface area (Å²) in [6.45, 7) is 0.871. The predicted molar refractivity (Wildman–Crippen MR) is 113 cm³/mol. The maximum atomic E-state index is 12.6. The van der Waals surface area contributed by atoms with Crippen molar-refractivity contribution in [3.63, 3.8) is 0 Å². The second kappa shape index (κ2) is 11.2. The summed E-state index contributed by atoms with van der Waals surface area (Å²) in [6, 6.07) is 4.59. The van der Waals surface area contributed by atoms with Gasteiger partial charge in [-0.05, 0) is 18.2 Å². The fraction of sp³-hybridized carbons (Fsp3) is 0.350. The zero-order chi connectivity index (χ0) is 24.6. The zero-order valence-corrected chi connectivity index (χ0v) is 17.6. The summed E-state index contributed by atoms with van der Waals surface area (Å²) >= 11 is 0. The first-order chi connectivity index (χ1) is 15.5. The number of hydrogen-bond donors (Lipinski definition) is 4. The first-order valence-electron chi connectivity index (χ1n) is 9.66. The number of nitrogens with one attached hydrogen (secondary N) is 3. The van der Waals surface area contributed by atoms with Crippen LogP contribution in [0.1, 0.15) is 15.9 Å². The third kappa shape index (κ3) is 7.14. The van der Waals surface area contributed by atoms with Crippen LogP contribution in [0, 0.1) is 5.41 Å². The van der Waals surface area contributed by atoms with Gasteiger partial charge in [0.15, 0.2) is 0 Å². The van der Waals surface area contributed by atoms with Crippen molar-refractivity contribution in [2.24, 2.45) is 10.7 Å². The van der Waals surface area contributed by atoms with Crippen LogP contribution in [0.2, 0.25) is 0 Å². The van der Waals surface area contributed by atoms with E-state index in [4.69, 9.17) is 15.9 Å². The maximum absolute atomic E-state index is 12.6. The monoisotopic (exact) mass is 468 g/mol. The van der Waals surface area contributed by atoms with Crippen LogP contribution in [0.25, 0.3) is 0 Å². The quantitative estimate of drug-likeness (QED) is 0.267. The van der Waals surface area contributed by atoms with E-state index >= 15 is 0 Å². The highest BCUT2D eigenvalue weighted by Gasteiger charge is 2.39. The number of hydrogen-bond acceptors (Lipinski definition) is 7. The Morgan fingerprint density at radius 1 is 1.27 bits per heavy atom. The van der Waals surface area contributed by atoms with Crippen molar-refractivity contribution in [3.05, 3.63) is 47.2 Å². The van der Waals surface area contributed by atoms with Crippen molar-refractivity contribution in [2.45, 2.75) is 12.2 Å². The fourth-order valence-electron chi connectivity index (χ4n) is 2.84. The molecule has 10 nitrogen and oxygen atoms in total. The van der Waals surface area contributed by atoms with E-state index in [0.29, 0.717) is 6.61 Å². The van der Waals surface area contributed by atoms with E-state index in [0.717, 1.165) is 0 Å². The normalized spacial score (nSPS) is 17.0. The second-order valence-electron chi connectivity index (χ2n) is 6.87. The Labute approximate surface area is 187 Å². The molecule has 178 valence electrons. The molecular weight excluding hydrogens is 445 g/mol. The van der Waals surface area contributed by atoms with Gasteiger partial charge in [-0.2, -0.15) is 13.2 Å². The van der Waals surface area contributed by atoms with Crippen LogP contribution in [-0.4, -0.2) is 80.2 Å². The van der Waals surface area contributed by atoms with E-state index < -0.39 is 35.8 Å². The Balaban J connectivity index is 1.98. The van der Waals surface area contributed by atoms with Gasteiger partial charge in [-0.15, -0.1) is 0 Å². The second-order valence-corrected chi connectivity index (χ2v) is 6.87. The van der Waals surface area contributed by atoms with E-state index in [2.05, 4.69) is 10.3 Å². The number of amidine groups is 1. The summed E-state index contributed by atoms with van der Waals surface area (Å²) in [5.74, 6) is -3.94. The Morgan fingerprint density at radius 3 is 2.52 bits per heavy atom. The number of benzene rings is 1. The van der Waals surface area contributed by atoms with Gasteiger partial charge in [-0.1, -0.05) is 12.1 Å². The number of allylic oxidation sites excluding steroid dienone is 1. The van der Waals surface area contributed by atoms with E-state index in [1.807, 2.05) is 0 Å². The molecule has 1 aromatic rings. The number of aliphatic imine (C=N–C) groups is 1. The van der Waals surface area contributed by atoms with Crippen LogP contribution in [-0.2, 0) is 14.3 Å². The van der Waals surface area contributed by atoms with E-state index in [1.165, 1.54) is 53.8 Å². The van der Waals surface area contributed by atoms with Gasteiger partial charge in [0.25, 0.3) is 11.8 Å². The first kappa shape index (κ1) is 25.5. The Morgan fingerprint density at radius 2 is 1.91 bits per heavy atom. The molecule has 1 aliphatic rings. The molecule has 1 atom stereocenters. The Kier molecular flexibility index (Phi) is 8.68. The molecule has 1 aliphatic heterocycles. The SMILES string of the molecule is CN=CC=C(N)C(=O)N1CCOCC1CNC(=O)c1ccc(C(=N)NC(=O)C(F)(F)F)cc1. The standard InChI is InChI=1S/C20H23F3N6O4/c1-26-7-6-15(24)18(31)29-8-9-33-11-14(29)10-27-17(30)13-4-2-12(3-5-13)16(25)28-19(32)20(21,22)23/h2-7,14H,8-11,24H2,1H3,(H,27,30)(H2,25,28,32). The minimum atomic E-state index is -5.12. The number of alkyl halides is 3. The first-order valence-corrected chi connectivity index (χ1v) is 9.66. The number of carbonyl (C=O) groups is 3. The minimum Gasteiger partial charge on any atom is -0.394 e. The zero-order valence-electron chi connectivity index (χ0n) is 17.6. The predicted octanol–water partition coefficient (Wildman–Crippen LogP) is 0.191. The van der Waals surface area contributed by atoms with Crippen molar-refractivity contribution >= 4 is 29.8 Å². The lowest BCUT2D eigenvalue weighted by Crippen LogP contribution is -2.54. The average Bonchev–Trinajstić information content (AvgIpc) is 2.80. The molecule has 0 saturated carbocycles. The van der Waals surface area contributed by atoms with Crippen LogP contribution >= 0.6 is 0 Å². The lowest BCUT2D eigenvalue weighted by atomic mass is 10.1. The van der Waals surface area contributed by atoms with Crippen molar-refractivity contribution < 1.29 is 32.3 Å². The van der Waals surface area contributed by atoms with Crippen molar-refractivity contribution in [1.82, 2.24) is 15.5 Å². The molecule has 3 amide bonds. The van der Waals surface area contributed by atoms with Gasteiger partial charge < -0.3 is 26.0 Å². The number of carbonyl (C=O) groups excluding carboxylic acids is 3. The minimum absolute atomic E-state index is 0.00511. The largest absolute Gasteiger partial charge is 0.471 e. The molecule has 0 radical (unpaired) electrons. The van der Waals surface area contributed by atoms with Crippen molar-refractivity contribution in [3.8, 4) is 0 Å². The smallest absolute Gasteiger partial charge is 0.394 e. The summed E-state index contributed by atoms with van der Waals surface area (Å²) in [6.07, 6.45) is -2.35. The molecule has 13 heteroatoms. The van der Waals surface area contributed by atoms with Crippen LogP contribution in [0.4, 0.5) is 13.2 Å². The lowest BCUT2D eigenvalue weighted by Gasteiger charge is -2.35. The number of ether oxygens (including phenoxy) is 1. The molecule has 1 heterocycles. The summed E-state index contributed by atoms with van der Waals surface area (Å²) in [5.41, 5.74) is 5.93. The molecule has 2 rings (SSSR count). The third-order valence-electron chi connectivity index (χ3n) is 4.57. The van der Waals surface area contributed by atoms with Gasteiger partial charge in [-0.3, -0.25) is 24.8 Å². The molecule has 1 unspecified atom stereocenters. The van der Waals surface area contributed by atoms with Gasteiger partial charge in [0, 0.05) is 37.5 Å². The number of nitrogens with two attached hydrogens (primary N) is 1. The van der Waals surface area contributed by atoms with Gasteiger partial charge >= 0.3 is 12.1 Å². The number of nitrogens with zero attached hydrogens (tertiary/aromatic N) is 2. The third-order valence-corrected chi connectivity index (χ3v) is 4.57. The molecule has 0 spiro atoms. The molecule has 1 saturated heterocycles. The molecule has 1 fully saturated rings. The summed E-state index contributed by atoms with van der Waals surface area (Å²) in [4.78, 5) is 41.2. The van der Waals surface area contributed by atoms with Gasteiger partial charge in [0.1, 0.15) is 5.84 Å². The van der Waals surface area contributed by atoms with Crippen LogP contribution in [0.15, 0.2) is 41.0 Å². The summed E-state index contributed by atoms with van der Waals surface area (Å²) < 4.78 is 42.3.